The lowest BCUT2D eigenvalue weighted by molar-refractivity contribution is 0.0952. The van der Waals surface area contributed by atoms with Gasteiger partial charge in [-0.1, -0.05) is 0 Å². The molecule has 140 valence electrons. The van der Waals surface area contributed by atoms with E-state index in [-0.39, 0.29) is 11.5 Å². The molecular weight excluding hydrogens is 366 g/mol. The summed E-state index contributed by atoms with van der Waals surface area (Å²) >= 11 is 1.51. The van der Waals surface area contributed by atoms with Crippen molar-refractivity contribution in [1.82, 2.24) is 15.3 Å². The van der Waals surface area contributed by atoms with Gasteiger partial charge in [-0.3, -0.25) is 9.59 Å². The number of thiophene rings is 1. The highest BCUT2D eigenvalue weighted by atomic mass is 32.1. The number of hydrogen-bond acceptors (Lipinski definition) is 6. The minimum atomic E-state index is -0.210. The quantitative estimate of drug-likeness (QED) is 0.719. The molecule has 8 heteroatoms. The Morgan fingerprint density at radius 1 is 1.26 bits per heavy atom. The Balaban J connectivity index is 1.43. The smallest absolute Gasteiger partial charge is 0.259 e. The highest BCUT2D eigenvalue weighted by molar-refractivity contribution is 7.18. The number of carbonyl (C=O) groups excluding carboxylic acids is 1. The Kier molecular flexibility index (Phi) is 4.57. The van der Waals surface area contributed by atoms with Crippen LogP contribution in [0.1, 0.15) is 26.6 Å². The number of hydrogen-bond donors (Lipinski definition) is 2. The monoisotopic (exact) mass is 385 g/mol. The van der Waals surface area contributed by atoms with Crippen molar-refractivity contribution in [1.29, 1.82) is 0 Å². The minimum Gasteiger partial charge on any atom is -0.486 e. The summed E-state index contributed by atoms with van der Waals surface area (Å²) in [5.74, 6) is 1.58. The number of ether oxygens (including phenoxy) is 2. The third kappa shape index (κ3) is 3.40. The molecule has 0 aliphatic carbocycles. The average molecular weight is 385 g/mol. The number of benzene rings is 1. The van der Waals surface area contributed by atoms with Crippen LogP contribution in [0.2, 0.25) is 0 Å². The maximum atomic E-state index is 12.4. The van der Waals surface area contributed by atoms with E-state index in [1.54, 1.807) is 18.2 Å². The molecule has 1 aliphatic heterocycles. The summed E-state index contributed by atoms with van der Waals surface area (Å²) in [5.41, 5.74) is 1.35. The van der Waals surface area contributed by atoms with Crippen molar-refractivity contribution in [2.45, 2.75) is 20.3 Å². The number of nitrogens with zero attached hydrogens (tertiary/aromatic N) is 1. The lowest BCUT2D eigenvalue weighted by Gasteiger charge is -2.18. The van der Waals surface area contributed by atoms with Gasteiger partial charge in [0.2, 0.25) is 0 Å². The minimum absolute atomic E-state index is 0.130. The number of aromatic amines is 1. The van der Waals surface area contributed by atoms with Gasteiger partial charge in [0.05, 0.1) is 5.39 Å². The van der Waals surface area contributed by atoms with E-state index in [0.29, 0.717) is 54.5 Å². The van der Waals surface area contributed by atoms with Crippen LogP contribution >= 0.6 is 11.3 Å². The molecule has 0 fully saturated rings. The van der Waals surface area contributed by atoms with Gasteiger partial charge in [0.15, 0.2) is 11.5 Å². The molecule has 1 aliphatic rings. The third-order valence-electron chi connectivity index (χ3n) is 4.54. The van der Waals surface area contributed by atoms with Gasteiger partial charge in [0, 0.05) is 23.4 Å². The summed E-state index contributed by atoms with van der Waals surface area (Å²) in [4.78, 5) is 33.8. The first-order valence-corrected chi connectivity index (χ1v) is 9.51. The first-order valence-electron chi connectivity index (χ1n) is 8.69. The van der Waals surface area contributed by atoms with Gasteiger partial charge in [-0.05, 0) is 37.6 Å². The summed E-state index contributed by atoms with van der Waals surface area (Å²) in [6.45, 7) is 5.26. The highest BCUT2D eigenvalue weighted by Crippen LogP contribution is 2.30. The van der Waals surface area contributed by atoms with E-state index >= 15 is 0 Å². The predicted octanol–water partition coefficient (Wildman–Crippen LogP) is 2.35. The maximum absolute atomic E-state index is 12.4. The summed E-state index contributed by atoms with van der Waals surface area (Å²) in [7, 11) is 0. The van der Waals surface area contributed by atoms with Crippen LogP contribution in [0.5, 0.6) is 11.5 Å². The van der Waals surface area contributed by atoms with E-state index in [0.717, 1.165) is 15.3 Å². The van der Waals surface area contributed by atoms with E-state index < -0.39 is 0 Å². The van der Waals surface area contributed by atoms with Crippen molar-refractivity contribution >= 4 is 27.5 Å². The first kappa shape index (κ1) is 17.5. The fourth-order valence-corrected chi connectivity index (χ4v) is 4.05. The van der Waals surface area contributed by atoms with E-state index in [2.05, 4.69) is 15.3 Å². The van der Waals surface area contributed by atoms with Crippen LogP contribution < -0.4 is 20.3 Å². The second-order valence-electron chi connectivity index (χ2n) is 6.34. The van der Waals surface area contributed by atoms with Gasteiger partial charge >= 0.3 is 0 Å². The van der Waals surface area contributed by atoms with Crippen molar-refractivity contribution in [2.24, 2.45) is 0 Å². The Bertz CT molecular complexity index is 1090. The second kappa shape index (κ2) is 7.03. The summed E-state index contributed by atoms with van der Waals surface area (Å²) in [5, 5.41) is 3.50. The molecule has 0 spiro atoms. The molecule has 27 heavy (non-hydrogen) atoms. The average Bonchev–Trinajstić information content (AvgIpc) is 2.95. The van der Waals surface area contributed by atoms with Crippen molar-refractivity contribution in [2.75, 3.05) is 19.8 Å². The molecule has 0 bridgehead atoms. The number of carbonyl (C=O) groups is 1. The van der Waals surface area contributed by atoms with Gasteiger partial charge in [-0.15, -0.1) is 11.3 Å². The van der Waals surface area contributed by atoms with Crippen LogP contribution in [0.3, 0.4) is 0 Å². The Hall–Kier alpha value is -2.87. The molecule has 3 heterocycles. The number of aryl methyl sites for hydroxylation is 2. The van der Waals surface area contributed by atoms with Crippen LogP contribution in [0.25, 0.3) is 10.2 Å². The third-order valence-corrected chi connectivity index (χ3v) is 5.64. The van der Waals surface area contributed by atoms with Crippen LogP contribution in [0.4, 0.5) is 0 Å². The number of nitrogens with one attached hydrogen (secondary N) is 2. The Morgan fingerprint density at radius 2 is 2.04 bits per heavy atom. The SMILES string of the molecule is Cc1sc2nc(CCNC(=O)c3ccc4c(c3)OCCO4)[nH]c(=O)c2c1C. The normalized spacial score (nSPS) is 13.0. The maximum Gasteiger partial charge on any atom is 0.259 e. The summed E-state index contributed by atoms with van der Waals surface area (Å²) in [6, 6.07) is 5.11. The van der Waals surface area contributed by atoms with Gasteiger partial charge in [0.1, 0.15) is 23.9 Å². The lowest BCUT2D eigenvalue weighted by atomic mass is 10.2. The van der Waals surface area contributed by atoms with Gasteiger partial charge < -0.3 is 19.8 Å². The number of rotatable bonds is 4. The Labute approximate surface area is 159 Å². The molecule has 2 aromatic heterocycles. The van der Waals surface area contributed by atoms with Gasteiger partial charge in [-0.25, -0.2) is 4.98 Å². The van der Waals surface area contributed by atoms with Gasteiger partial charge in [0.25, 0.3) is 11.5 Å². The molecule has 3 aromatic rings. The molecule has 1 amide bonds. The second-order valence-corrected chi connectivity index (χ2v) is 7.54. The standard InChI is InChI=1S/C19H19N3O4S/c1-10-11(2)27-19-16(10)18(24)21-15(22-19)5-6-20-17(23)12-3-4-13-14(9-12)26-8-7-25-13/h3-4,9H,5-8H2,1-2H3,(H,20,23)(H,21,22,24). The first-order chi connectivity index (χ1) is 13.0. The number of fused-ring (bicyclic) bond motifs is 2. The zero-order chi connectivity index (χ0) is 19.0. The van der Waals surface area contributed by atoms with Crippen LogP contribution in [-0.4, -0.2) is 35.6 Å². The molecule has 1 aromatic carbocycles. The molecule has 4 rings (SSSR count). The summed E-state index contributed by atoms with van der Waals surface area (Å²) in [6.07, 6.45) is 0.442. The van der Waals surface area contributed by atoms with Crippen molar-refractivity contribution in [3.05, 3.63) is 50.4 Å². The largest absolute Gasteiger partial charge is 0.486 e. The van der Waals surface area contributed by atoms with Crippen molar-refractivity contribution < 1.29 is 14.3 Å². The zero-order valence-corrected chi connectivity index (χ0v) is 15.9. The molecule has 0 atom stereocenters. The number of aromatic nitrogens is 2. The molecule has 0 saturated carbocycles. The zero-order valence-electron chi connectivity index (χ0n) is 15.0. The van der Waals surface area contributed by atoms with Crippen LogP contribution in [-0.2, 0) is 6.42 Å². The molecule has 0 saturated heterocycles. The molecule has 7 nitrogen and oxygen atoms in total. The lowest BCUT2D eigenvalue weighted by Crippen LogP contribution is -2.27. The molecular formula is C19H19N3O4S. The van der Waals surface area contributed by atoms with Crippen LogP contribution in [0, 0.1) is 13.8 Å². The Morgan fingerprint density at radius 3 is 2.85 bits per heavy atom. The summed E-state index contributed by atoms with van der Waals surface area (Å²) < 4.78 is 11.0. The van der Waals surface area contributed by atoms with Crippen molar-refractivity contribution in [3.8, 4) is 11.5 Å². The molecule has 0 radical (unpaired) electrons. The highest BCUT2D eigenvalue weighted by Gasteiger charge is 2.15. The topological polar surface area (TPSA) is 93.3 Å². The van der Waals surface area contributed by atoms with Gasteiger partial charge in [-0.2, -0.15) is 0 Å². The van der Waals surface area contributed by atoms with E-state index in [9.17, 15) is 9.59 Å². The predicted molar refractivity (Wildman–Crippen MR) is 103 cm³/mol. The van der Waals surface area contributed by atoms with E-state index in [1.807, 2.05) is 13.8 Å². The fourth-order valence-electron chi connectivity index (χ4n) is 3.00. The molecule has 0 unspecified atom stereocenters. The number of H-pyrrole nitrogens is 1. The van der Waals surface area contributed by atoms with E-state index in [4.69, 9.17) is 9.47 Å². The molecule has 2 N–H and O–H groups in total. The van der Waals surface area contributed by atoms with Crippen LogP contribution in [0.15, 0.2) is 23.0 Å². The van der Waals surface area contributed by atoms with E-state index in [1.165, 1.54) is 11.3 Å². The fraction of sp³-hybridized carbons (Fsp3) is 0.316. The van der Waals surface area contributed by atoms with Crippen molar-refractivity contribution in [3.63, 3.8) is 0 Å². The number of amides is 1.